The first-order valence-electron chi connectivity index (χ1n) is 19.0. The highest BCUT2D eigenvalue weighted by Crippen LogP contribution is 2.43. The predicted molar refractivity (Wildman–Crippen MR) is 236 cm³/mol. The van der Waals surface area contributed by atoms with Crippen molar-refractivity contribution in [3.63, 3.8) is 0 Å². The van der Waals surface area contributed by atoms with Gasteiger partial charge in [0.1, 0.15) is 11.2 Å². The summed E-state index contributed by atoms with van der Waals surface area (Å²) >= 11 is 1.81. The Kier molecular flexibility index (Phi) is 7.03. The minimum atomic E-state index is 0.647. The van der Waals surface area contributed by atoms with E-state index in [9.17, 15) is 0 Å². The first-order valence-corrected chi connectivity index (χ1v) is 19.8. The van der Waals surface area contributed by atoms with Crippen molar-refractivity contribution < 1.29 is 4.42 Å². The molecule has 0 unspecified atom stereocenters. The topological polar surface area (TPSA) is 56.7 Å². The normalized spacial score (nSPS) is 11.9. The molecule has 0 saturated carbocycles. The van der Waals surface area contributed by atoms with Crippen molar-refractivity contribution in [2.75, 3.05) is 0 Å². The molecule has 12 rings (SSSR count). The molecule has 0 atom stereocenters. The molecule has 6 heteroatoms. The van der Waals surface area contributed by atoms with Gasteiger partial charge in [-0.3, -0.25) is 0 Å². The number of aromatic nitrogens is 4. The van der Waals surface area contributed by atoms with E-state index in [1.165, 1.54) is 42.0 Å². The van der Waals surface area contributed by atoms with Crippen LogP contribution in [0.25, 0.3) is 115 Å². The van der Waals surface area contributed by atoms with Crippen molar-refractivity contribution in [3.05, 3.63) is 182 Å². The van der Waals surface area contributed by atoms with E-state index >= 15 is 0 Å². The molecule has 4 heterocycles. The third kappa shape index (κ3) is 5.12. The molecule has 0 aliphatic carbocycles. The molecule has 0 saturated heterocycles. The molecule has 5 nitrogen and oxygen atoms in total. The Balaban J connectivity index is 1.02. The third-order valence-corrected chi connectivity index (χ3v) is 12.2. The summed E-state index contributed by atoms with van der Waals surface area (Å²) in [5, 5.41) is 7.07. The van der Waals surface area contributed by atoms with Gasteiger partial charge in [-0.2, -0.15) is 0 Å². The average molecular weight is 747 g/mol. The van der Waals surface area contributed by atoms with Crippen molar-refractivity contribution in [3.8, 4) is 51.0 Å². The number of rotatable bonds is 5. The Labute approximate surface area is 330 Å². The zero-order valence-corrected chi connectivity index (χ0v) is 31.2. The van der Waals surface area contributed by atoms with Crippen LogP contribution < -0.4 is 0 Å². The second kappa shape index (κ2) is 12.6. The number of fused-ring (bicyclic) bond motifs is 9. The molecule has 0 bridgehead atoms. The van der Waals surface area contributed by atoms with Gasteiger partial charge in [-0.25, -0.2) is 15.0 Å². The minimum Gasteiger partial charge on any atom is -0.456 e. The van der Waals surface area contributed by atoms with Crippen molar-refractivity contribution in [1.82, 2.24) is 19.5 Å². The number of benzene rings is 8. The van der Waals surface area contributed by atoms with Crippen LogP contribution in [0.3, 0.4) is 0 Å². The molecule has 4 aromatic heterocycles. The van der Waals surface area contributed by atoms with E-state index in [0.29, 0.717) is 17.5 Å². The van der Waals surface area contributed by atoms with E-state index in [0.717, 1.165) is 55.4 Å². The Hall–Kier alpha value is -7.41. The maximum Gasteiger partial charge on any atom is 0.164 e. The number of hydrogen-bond acceptors (Lipinski definition) is 5. The molecule has 0 aliphatic heterocycles. The lowest BCUT2D eigenvalue weighted by atomic mass is 9.97. The van der Waals surface area contributed by atoms with Crippen LogP contribution in [0.2, 0.25) is 0 Å². The van der Waals surface area contributed by atoms with Crippen LogP contribution in [0, 0.1) is 0 Å². The van der Waals surface area contributed by atoms with Gasteiger partial charge >= 0.3 is 0 Å². The average Bonchev–Trinajstić information content (AvgIpc) is 3.95. The fourth-order valence-corrected chi connectivity index (χ4v) is 9.48. The van der Waals surface area contributed by atoms with Crippen LogP contribution in [0.4, 0.5) is 0 Å². The summed E-state index contributed by atoms with van der Waals surface area (Å²) in [5.41, 5.74) is 10.4. The molecule has 0 spiro atoms. The Morgan fingerprint density at radius 1 is 0.386 bits per heavy atom. The fourth-order valence-electron chi connectivity index (χ4n) is 8.42. The first-order chi connectivity index (χ1) is 28.2. The van der Waals surface area contributed by atoms with Crippen LogP contribution in [0.15, 0.2) is 186 Å². The summed E-state index contributed by atoms with van der Waals surface area (Å²) in [7, 11) is 0. The second-order valence-electron chi connectivity index (χ2n) is 14.4. The molecule has 0 fully saturated rings. The number of furan rings is 1. The highest BCUT2D eigenvalue weighted by atomic mass is 32.1. The molecule has 0 radical (unpaired) electrons. The van der Waals surface area contributed by atoms with E-state index < -0.39 is 0 Å². The molecule has 8 aromatic carbocycles. The highest BCUT2D eigenvalue weighted by Gasteiger charge is 2.18. The molecular formula is C51H30N4OS. The van der Waals surface area contributed by atoms with Crippen LogP contribution in [-0.4, -0.2) is 19.5 Å². The SMILES string of the molecule is c1ccc(-c2nc(-c3ccccc3)nc(-c3ccc4sc5ccc(-c6cccc7oc8ccc(-n9c%10ccccc%10c%10ccccc%109)cc8c67)cc5c4c3)n2)cc1. The van der Waals surface area contributed by atoms with Gasteiger partial charge in [-0.05, 0) is 77.9 Å². The summed E-state index contributed by atoms with van der Waals surface area (Å²) in [6, 6.07) is 63.9. The van der Waals surface area contributed by atoms with E-state index in [1.807, 2.05) is 60.7 Å². The maximum absolute atomic E-state index is 6.53. The van der Waals surface area contributed by atoms with Crippen molar-refractivity contribution in [2.45, 2.75) is 0 Å². The number of thiophene rings is 1. The van der Waals surface area contributed by atoms with Crippen LogP contribution in [0.1, 0.15) is 0 Å². The fraction of sp³-hybridized carbons (Fsp3) is 0. The summed E-state index contributed by atoms with van der Waals surface area (Å²) in [6.45, 7) is 0. The van der Waals surface area contributed by atoms with Gasteiger partial charge in [0.25, 0.3) is 0 Å². The molecule has 0 amide bonds. The van der Waals surface area contributed by atoms with Crippen molar-refractivity contribution in [1.29, 1.82) is 0 Å². The van der Waals surface area contributed by atoms with Gasteiger partial charge in [0.2, 0.25) is 0 Å². The number of nitrogens with zero attached hydrogens (tertiary/aromatic N) is 4. The quantitative estimate of drug-likeness (QED) is 0.176. The molecule has 0 aliphatic rings. The Bertz CT molecular complexity index is 3420. The van der Waals surface area contributed by atoms with E-state index in [2.05, 4.69) is 126 Å². The van der Waals surface area contributed by atoms with Gasteiger partial charge in [-0.1, -0.05) is 115 Å². The Morgan fingerprint density at radius 2 is 0.947 bits per heavy atom. The number of para-hydroxylation sites is 2. The van der Waals surface area contributed by atoms with Crippen LogP contribution >= 0.6 is 11.3 Å². The lowest BCUT2D eigenvalue weighted by Crippen LogP contribution is -2.00. The second-order valence-corrected chi connectivity index (χ2v) is 15.5. The van der Waals surface area contributed by atoms with Crippen molar-refractivity contribution >= 4 is 75.3 Å². The minimum absolute atomic E-state index is 0.647. The Morgan fingerprint density at radius 3 is 1.60 bits per heavy atom. The number of hydrogen-bond donors (Lipinski definition) is 0. The first kappa shape index (κ1) is 31.9. The monoisotopic (exact) mass is 746 g/mol. The van der Waals surface area contributed by atoms with Gasteiger partial charge in [0.05, 0.1) is 11.0 Å². The summed E-state index contributed by atoms with van der Waals surface area (Å²) in [5.74, 6) is 1.95. The highest BCUT2D eigenvalue weighted by molar-refractivity contribution is 7.25. The lowest BCUT2D eigenvalue weighted by Gasteiger charge is -2.09. The van der Waals surface area contributed by atoms with E-state index in [-0.39, 0.29) is 0 Å². The summed E-state index contributed by atoms with van der Waals surface area (Å²) in [6.07, 6.45) is 0. The lowest BCUT2D eigenvalue weighted by molar-refractivity contribution is 0.669. The van der Waals surface area contributed by atoms with Gasteiger partial charge in [-0.15, -0.1) is 11.3 Å². The van der Waals surface area contributed by atoms with Crippen LogP contribution in [0.5, 0.6) is 0 Å². The smallest absolute Gasteiger partial charge is 0.164 e. The molecule has 12 aromatic rings. The van der Waals surface area contributed by atoms with Crippen molar-refractivity contribution in [2.24, 2.45) is 0 Å². The molecule has 266 valence electrons. The maximum atomic E-state index is 6.53. The predicted octanol–water partition coefficient (Wildman–Crippen LogP) is 13.9. The summed E-state index contributed by atoms with van der Waals surface area (Å²) < 4.78 is 11.3. The standard InChI is InChI=1S/C51H30N4OS/c1-3-12-31(13-4-1)49-52-50(32-14-5-2-6-15-32)54-51(53-49)34-23-27-47-40(29-34)39-28-33(22-26-46(39)57-47)36-18-11-21-45-48(36)41-30-35(24-25-44(41)56-45)55-42-19-9-7-16-37(42)38-17-8-10-20-43(38)55/h1-30H. The van der Waals surface area contributed by atoms with E-state index in [4.69, 9.17) is 19.4 Å². The third-order valence-electron chi connectivity index (χ3n) is 11.1. The van der Waals surface area contributed by atoms with Gasteiger partial charge in [0.15, 0.2) is 17.5 Å². The molecular weight excluding hydrogens is 717 g/mol. The van der Waals surface area contributed by atoms with Crippen LogP contribution in [-0.2, 0) is 0 Å². The molecule has 57 heavy (non-hydrogen) atoms. The van der Waals surface area contributed by atoms with E-state index in [1.54, 1.807) is 11.3 Å². The zero-order valence-electron chi connectivity index (χ0n) is 30.4. The summed E-state index contributed by atoms with van der Waals surface area (Å²) in [4.78, 5) is 14.9. The largest absolute Gasteiger partial charge is 0.456 e. The zero-order chi connectivity index (χ0) is 37.5. The molecule has 0 N–H and O–H groups in total. The van der Waals surface area contributed by atoms with Gasteiger partial charge < -0.3 is 8.98 Å². The van der Waals surface area contributed by atoms with Gasteiger partial charge in [0, 0.05) is 64.1 Å².